The number of nitrogens with zero attached hydrogens (tertiary/aromatic N) is 1. The molecule has 0 aliphatic carbocycles. The Balaban J connectivity index is 3.98. The van der Waals surface area contributed by atoms with Crippen LogP contribution in [0.2, 0.25) is 0 Å². The molecule has 0 unspecified atom stereocenters. The van der Waals surface area contributed by atoms with E-state index in [1.165, 1.54) is 11.8 Å². The van der Waals surface area contributed by atoms with Crippen LogP contribution in [0.3, 0.4) is 0 Å². The van der Waals surface area contributed by atoms with Crippen LogP contribution in [-0.2, 0) is 4.79 Å². The zero-order valence-electron chi connectivity index (χ0n) is 7.37. The molecule has 6 heteroatoms. The molecule has 0 saturated heterocycles. The lowest BCUT2D eigenvalue weighted by atomic mass is 10.4. The predicted molar refractivity (Wildman–Crippen MR) is 48.1 cm³/mol. The smallest absolute Gasteiger partial charge is 0.255 e. The summed E-state index contributed by atoms with van der Waals surface area (Å²) in [5.74, 6) is -0.186. The minimum Gasteiger partial charge on any atom is -0.395 e. The molecule has 0 bridgehead atoms. The van der Waals surface area contributed by atoms with Gasteiger partial charge in [-0.25, -0.2) is 8.78 Å². The second kappa shape index (κ2) is 7.08. The van der Waals surface area contributed by atoms with Gasteiger partial charge in [0.05, 0.1) is 18.9 Å². The number of carbonyl (C=O) groups is 1. The van der Waals surface area contributed by atoms with Crippen molar-refractivity contribution in [2.45, 2.75) is 6.43 Å². The van der Waals surface area contributed by atoms with Crippen LogP contribution in [0, 0.1) is 0 Å². The maximum absolute atomic E-state index is 11.9. The Bertz CT molecular complexity index is 157. The van der Waals surface area contributed by atoms with Crippen molar-refractivity contribution in [1.82, 2.24) is 4.90 Å². The number of aliphatic hydroxyl groups is 1. The number of thioether (sulfide) groups is 1. The van der Waals surface area contributed by atoms with Crippen LogP contribution in [0.5, 0.6) is 0 Å². The van der Waals surface area contributed by atoms with E-state index in [4.69, 9.17) is 5.11 Å². The predicted octanol–water partition coefficient (Wildman–Crippen LogP) is 0.435. The van der Waals surface area contributed by atoms with E-state index in [-0.39, 0.29) is 24.8 Å². The second-order valence-corrected chi connectivity index (χ2v) is 3.25. The van der Waals surface area contributed by atoms with Gasteiger partial charge in [0.15, 0.2) is 0 Å². The van der Waals surface area contributed by atoms with Crippen molar-refractivity contribution in [3.63, 3.8) is 0 Å². The molecule has 0 radical (unpaired) electrons. The lowest BCUT2D eigenvalue weighted by Gasteiger charge is -2.20. The number of hydrogen-bond acceptors (Lipinski definition) is 3. The molecule has 0 aliphatic rings. The highest BCUT2D eigenvalue weighted by Crippen LogP contribution is 2.02. The Hall–Kier alpha value is -0.360. The average Bonchev–Trinajstić information content (AvgIpc) is 2.03. The molecule has 0 heterocycles. The summed E-state index contributed by atoms with van der Waals surface area (Å²) in [5.41, 5.74) is 0. The van der Waals surface area contributed by atoms with Crippen LogP contribution < -0.4 is 0 Å². The molecule has 0 atom stereocenters. The Morgan fingerprint density at radius 3 is 2.62 bits per heavy atom. The normalized spacial score (nSPS) is 10.5. The van der Waals surface area contributed by atoms with E-state index in [0.717, 1.165) is 4.90 Å². The van der Waals surface area contributed by atoms with E-state index in [0.29, 0.717) is 0 Å². The molecule has 0 fully saturated rings. The van der Waals surface area contributed by atoms with Crippen molar-refractivity contribution < 1.29 is 18.7 Å². The SMILES string of the molecule is CSCC(=O)N(CCO)CC(F)F. The van der Waals surface area contributed by atoms with Crippen molar-refractivity contribution in [3.05, 3.63) is 0 Å². The summed E-state index contributed by atoms with van der Waals surface area (Å²) >= 11 is 1.27. The summed E-state index contributed by atoms with van der Waals surface area (Å²) in [4.78, 5) is 12.1. The number of amides is 1. The van der Waals surface area contributed by atoms with Gasteiger partial charge < -0.3 is 10.0 Å². The Kier molecular flexibility index (Phi) is 6.89. The molecular formula is C7H13F2NO2S. The molecule has 0 aromatic rings. The molecule has 0 saturated carbocycles. The van der Waals surface area contributed by atoms with Crippen molar-refractivity contribution in [1.29, 1.82) is 0 Å². The third-order valence-electron chi connectivity index (χ3n) is 1.35. The minimum absolute atomic E-state index is 0.0241. The van der Waals surface area contributed by atoms with Crippen molar-refractivity contribution >= 4 is 17.7 Å². The largest absolute Gasteiger partial charge is 0.395 e. The number of aliphatic hydroxyl groups excluding tert-OH is 1. The monoisotopic (exact) mass is 213 g/mol. The number of halogens is 2. The van der Waals surface area contributed by atoms with E-state index in [2.05, 4.69) is 0 Å². The highest BCUT2D eigenvalue weighted by molar-refractivity contribution is 7.99. The summed E-state index contributed by atoms with van der Waals surface area (Å²) in [6.45, 7) is -0.906. The quantitative estimate of drug-likeness (QED) is 0.696. The molecule has 0 aromatic heterocycles. The molecule has 0 aliphatic heterocycles. The van der Waals surface area contributed by atoms with E-state index < -0.39 is 13.0 Å². The topological polar surface area (TPSA) is 40.5 Å². The van der Waals surface area contributed by atoms with Crippen LogP contribution >= 0.6 is 11.8 Å². The minimum atomic E-state index is -2.54. The van der Waals surface area contributed by atoms with E-state index in [1.807, 2.05) is 0 Å². The standard InChI is InChI=1S/C7H13F2NO2S/c1-13-5-7(12)10(2-3-11)4-6(8)9/h6,11H,2-5H2,1H3. The summed E-state index contributed by atoms with van der Waals surface area (Å²) < 4.78 is 23.9. The molecule has 0 rings (SSSR count). The molecule has 13 heavy (non-hydrogen) atoms. The van der Waals surface area contributed by atoms with Gasteiger partial charge in [-0.1, -0.05) is 0 Å². The molecule has 1 N–H and O–H groups in total. The lowest BCUT2D eigenvalue weighted by molar-refractivity contribution is -0.130. The third kappa shape index (κ3) is 5.81. The van der Waals surface area contributed by atoms with Crippen molar-refractivity contribution in [2.24, 2.45) is 0 Å². The Labute approximate surface area is 80.1 Å². The molecule has 0 spiro atoms. The maximum atomic E-state index is 11.9. The lowest BCUT2D eigenvalue weighted by Crippen LogP contribution is -2.38. The van der Waals surface area contributed by atoms with Gasteiger partial charge in [0.1, 0.15) is 0 Å². The van der Waals surface area contributed by atoms with E-state index in [9.17, 15) is 13.6 Å². The first-order valence-electron chi connectivity index (χ1n) is 3.77. The Morgan fingerprint density at radius 2 is 2.23 bits per heavy atom. The van der Waals surface area contributed by atoms with Gasteiger partial charge in [-0.15, -0.1) is 0 Å². The third-order valence-corrected chi connectivity index (χ3v) is 1.88. The number of alkyl halides is 2. The van der Waals surface area contributed by atoms with Crippen LogP contribution in [0.1, 0.15) is 0 Å². The summed E-state index contributed by atoms with van der Waals surface area (Å²) in [5, 5.41) is 8.52. The van der Waals surface area contributed by atoms with Crippen LogP contribution in [0.15, 0.2) is 0 Å². The highest BCUT2D eigenvalue weighted by Gasteiger charge is 2.16. The van der Waals surface area contributed by atoms with Crippen LogP contribution in [0.4, 0.5) is 8.78 Å². The van der Waals surface area contributed by atoms with E-state index >= 15 is 0 Å². The fraction of sp³-hybridized carbons (Fsp3) is 0.857. The summed E-state index contributed by atoms with van der Waals surface area (Å²) in [6.07, 6.45) is -0.824. The van der Waals surface area contributed by atoms with E-state index in [1.54, 1.807) is 6.26 Å². The van der Waals surface area contributed by atoms with Crippen LogP contribution in [-0.4, -0.2) is 54.0 Å². The number of hydrogen-bond donors (Lipinski definition) is 1. The Morgan fingerprint density at radius 1 is 1.62 bits per heavy atom. The second-order valence-electron chi connectivity index (χ2n) is 2.39. The first-order chi connectivity index (χ1) is 6.11. The van der Waals surface area contributed by atoms with Crippen molar-refractivity contribution in [3.8, 4) is 0 Å². The molecule has 0 aromatic carbocycles. The van der Waals surface area contributed by atoms with Gasteiger partial charge >= 0.3 is 0 Å². The molecule has 78 valence electrons. The van der Waals surface area contributed by atoms with Gasteiger partial charge in [-0.2, -0.15) is 11.8 Å². The fourth-order valence-electron chi connectivity index (χ4n) is 0.820. The molecule has 3 nitrogen and oxygen atoms in total. The van der Waals surface area contributed by atoms with Crippen LogP contribution in [0.25, 0.3) is 0 Å². The number of rotatable bonds is 6. The van der Waals surface area contributed by atoms with Gasteiger partial charge in [-0.3, -0.25) is 4.79 Å². The zero-order chi connectivity index (χ0) is 10.3. The molecular weight excluding hydrogens is 200 g/mol. The fourth-order valence-corrected chi connectivity index (χ4v) is 1.25. The first-order valence-corrected chi connectivity index (χ1v) is 5.17. The maximum Gasteiger partial charge on any atom is 0.255 e. The summed E-state index contributed by atoms with van der Waals surface area (Å²) in [7, 11) is 0. The van der Waals surface area contributed by atoms with Gasteiger partial charge in [0, 0.05) is 6.54 Å². The zero-order valence-corrected chi connectivity index (χ0v) is 8.19. The number of carbonyl (C=O) groups excluding carboxylic acids is 1. The average molecular weight is 213 g/mol. The van der Waals surface area contributed by atoms with Gasteiger partial charge in [-0.05, 0) is 6.26 Å². The van der Waals surface area contributed by atoms with Gasteiger partial charge in [0.25, 0.3) is 6.43 Å². The molecule has 1 amide bonds. The van der Waals surface area contributed by atoms with Crippen molar-refractivity contribution in [2.75, 3.05) is 31.7 Å². The summed E-state index contributed by atoms with van der Waals surface area (Å²) in [6, 6.07) is 0. The first kappa shape index (κ1) is 12.6. The van der Waals surface area contributed by atoms with Gasteiger partial charge in [0.2, 0.25) is 5.91 Å². The highest BCUT2D eigenvalue weighted by atomic mass is 32.2.